The molecule has 1 aliphatic heterocycles. The number of sulfonamides is 1. The molecule has 1 aromatic carbocycles. The third-order valence-electron chi connectivity index (χ3n) is 3.08. The van der Waals surface area contributed by atoms with Gasteiger partial charge >= 0.3 is 5.97 Å². The van der Waals surface area contributed by atoms with Crippen molar-refractivity contribution in [3.63, 3.8) is 0 Å². The molecule has 0 fully saturated rings. The van der Waals surface area contributed by atoms with E-state index in [0.29, 0.717) is 5.75 Å². The molecule has 21 heavy (non-hydrogen) atoms. The van der Waals surface area contributed by atoms with Gasteiger partial charge in [-0.05, 0) is 12.1 Å². The summed E-state index contributed by atoms with van der Waals surface area (Å²) in [5.41, 5.74) is 0.736. The van der Waals surface area contributed by atoms with Crippen molar-refractivity contribution in [3.8, 4) is 5.75 Å². The fourth-order valence-electron chi connectivity index (χ4n) is 2.08. The van der Waals surface area contributed by atoms with Gasteiger partial charge < -0.3 is 9.84 Å². The standard InChI is InChI=1S/C13H11NO5S2/c15-13(16)8-5-12(20-7-8)21(17,18)14-10-6-19-11-4-2-1-3-9(10)11/h1-5,7,10,14H,6H2,(H,15,16). The number of carboxylic acid groups (broad SMARTS) is 1. The van der Waals surface area contributed by atoms with Crippen LogP contribution in [0.4, 0.5) is 0 Å². The number of benzene rings is 1. The molecular formula is C13H11NO5S2. The number of carbonyl (C=O) groups is 1. The van der Waals surface area contributed by atoms with Gasteiger partial charge in [-0.15, -0.1) is 11.3 Å². The van der Waals surface area contributed by atoms with Crippen LogP contribution >= 0.6 is 11.3 Å². The highest BCUT2D eigenvalue weighted by Gasteiger charge is 2.29. The Morgan fingerprint density at radius 2 is 2.14 bits per heavy atom. The molecule has 2 N–H and O–H groups in total. The summed E-state index contributed by atoms with van der Waals surface area (Å²) in [6.07, 6.45) is 0. The fourth-order valence-corrected chi connectivity index (χ4v) is 4.45. The quantitative estimate of drug-likeness (QED) is 0.895. The predicted molar refractivity (Wildman–Crippen MR) is 76.3 cm³/mol. The Hall–Kier alpha value is -1.90. The van der Waals surface area contributed by atoms with Gasteiger partial charge in [0.2, 0.25) is 0 Å². The summed E-state index contributed by atoms with van der Waals surface area (Å²) < 4.78 is 32.5. The van der Waals surface area contributed by atoms with Gasteiger partial charge in [0.1, 0.15) is 16.6 Å². The van der Waals surface area contributed by atoms with E-state index in [-0.39, 0.29) is 16.4 Å². The van der Waals surface area contributed by atoms with E-state index in [9.17, 15) is 13.2 Å². The number of aromatic carboxylic acids is 1. The first kappa shape index (κ1) is 14.1. The van der Waals surface area contributed by atoms with Gasteiger partial charge in [0.25, 0.3) is 10.0 Å². The largest absolute Gasteiger partial charge is 0.491 e. The van der Waals surface area contributed by atoms with Crippen LogP contribution in [0.5, 0.6) is 5.75 Å². The average molecular weight is 325 g/mol. The number of ether oxygens (including phenoxy) is 1. The molecule has 1 aromatic heterocycles. The van der Waals surface area contributed by atoms with Gasteiger partial charge in [-0.2, -0.15) is 4.72 Å². The molecule has 6 nitrogen and oxygen atoms in total. The minimum absolute atomic E-state index is 0.0238. The Kier molecular flexibility index (Phi) is 3.44. The summed E-state index contributed by atoms with van der Waals surface area (Å²) in [6, 6.07) is 7.87. The zero-order valence-electron chi connectivity index (χ0n) is 10.6. The minimum Gasteiger partial charge on any atom is -0.491 e. The number of thiophene rings is 1. The van der Waals surface area contributed by atoms with Gasteiger partial charge in [0.05, 0.1) is 11.6 Å². The second-order valence-corrected chi connectivity index (χ2v) is 7.33. The Morgan fingerprint density at radius 3 is 2.86 bits per heavy atom. The highest BCUT2D eigenvalue weighted by Crippen LogP contribution is 2.33. The summed E-state index contributed by atoms with van der Waals surface area (Å²) in [6.45, 7) is 0.218. The second-order valence-electron chi connectivity index (χ2n) is 4.48. The van der Waals surface area contributed by atoms with E-state index in [1.54, 1.807) is 12.1 Å². The highest BCUT2D eigenvalue weighted by molar-refractivity contribution is 7.91. The van der Waals surface area contributed by atoms with Gasteiger partial charge in [0.15, 0.2) is 0 Å². The monoisotopic (exact) mass is 325 g/mol. The molecule has 0 radical (unpaired) electrons. The van der Waals surface area contributed by atoms with E-state index in [2.05, 4.69) is 4.72 Å². The zero-order valence-corrected chi connectivity index (χ0v) is 12.3. The number of hydrogen-bond acceptors (Lipinski definition) is 5. The summed E-state index contributed by atoms with van der Waals surface area (Å²) >= 11 is 0.877. The highest BCUT2D eigenvalue weighted by atomic mass is 32.2. The summed E-state index contributed by atoms with van der Waals surface area (Å²) in [7, 11) is -3.77. The summed E-state index contributed by atoms with van der Waals surface area (Å²) in [4.78, 5) is 10.8. The molecule has 3 rings (SSSR count). The van der Waals surface area contributed by atoms with Crippen molar-refractivity contribution in [2.24, 2.45) is 0 Å². The van der Waals surface area contributed by atoms with Crippen LogP contribution in [0, 0.1) is 0 Å². The molecule has 8 heteroatoms. The van der Waals surface area contributed by atoms with Crippen molar-refractivity contribution in [2.45, 2.75) is 10.3 Å². The molecule has 0 aliphatic carbocycles. The number of rotatable bonds is 4. The molecule has 2 aromatic rings. The molecule has 0 bridgehead atoms. The van der Waals surface area contributed by atoms with Crippen LogP contribution < -0.4 is 9.46 Å². The van der Waals surface area contributed by atoms with Crippen LogP contribution in [0.3, 0.4) is 0 Å². The molecule has 110 valence electrons. The smallest absolute Gasteiger partial charge is 0.336 e. The normalized spacial score (nSPS) is 17.2. The van der Waals surface area contributed by atoms with Crippen molar-refractivity contribution >= 4 is 27.3 Å². The lowest BCUT2D eigenvalue weighted by atomic mass is 10.1. The van der Waals surface area contributed by atoms with Crippen LogP contribution in [0.15, 0.2) is 39.9 Å². The van der Waals surface area contributed by atoms with Gasteiger partial charge in [-0.1, -0.05) is 18.2 Å². The Bertz CT molecular complexity index is 796. The maximum Gasteiger partial charge on any atom is 0.336 e. The first-order chi connectivity index (χ1) is 9.97. The molecule has 1 atom stereocenters. The van der Waals surface area contributed by atoms with Crippen molar-refractivity contribution in [1.82, 2.24) is 4.72 Å². The van der Waals surface area contributed by atoms with E-state index in [1.807, 2.05) is 12.1 Å². The van der Waals surface area contributed by atoms with Crippen LogP contribution in [-0.4, -0.2) is 26.1 Å². The Morgan fingerprint density at radius 1 is 1.38 bits per heavy atom. The van der Waals surface area contributed by atoms with Crippen LogP contribution in [-0.2, 0) is 10.0 Å². The fraction of sp³-hybridized carbons (Fsp3) is 0.154. The Balaban J connectivity index is 1.85. The SMILES string of the molecule is O=C(O)c1csc(S(=O)(=O)NC2COc3ccccc32)c1. The second kappa shape index (κ2) is 5.14. The predicted octanol–water partition coefficient (Wildman–Crippen LogP) is 1.86. The van der Waals surface area contributed by atoms with Crippen LogP contribution in [0.25, 0.3) is 0 Å². The summed E-state index contributed by atoms with van der Waals surface area (Å²) in [5, 5.41) is 10.2. The number of carboxylic acids is 1. The third-order valence-corrected chi connectivity index (χ3v) is 6.00. The van der Waals surface area contributed by atoms with Crippen LogP contribution in [0.2, 0.25) is 0 Å². The molecule has 1 aliphatic rings. The van der Waals surface area contributed by atoms with Crippen molar-refractivity contribution < 1.29 is 23.1 Å². The van der Waals surface area contributed by atoms with Gasteiger partial charge in [0, 0.05) is 10.9 Å². The van der Waals surface area contributed by atoms with Crippen molar-refractivity contribution in [3.05, 3.63) is 46.8 Å². The third kappa shape index (κ3) is 2.65. The Labute approximate surface area is 125 Å². The van der Waals surface area contributed by atoms with Gasteiger partial charge in [-0.3, -0.25) is 0 Å². The van der Waals surface area contributed by atoms with Gasteiger partial charge in [-0.25, -0.2) is 13.2 Å². The maximum absolute atomic E-state index is 12.3. The number of fused-ring (bicyclic) bond motifs is 1. The lowest BCUT2D eigenvalue weighted by molar-refractivity contribution is 0.0697. The van der Waals surface area contributed by atoms with E-state index in [4.69, 9.17) is 9.84 Å². The molecule has 0 saturated heterocycles. The average Bonchev–Trinajstić information content (AvgIpc) is 3.06. The first-order valence-electron chi connectivity index (χ1n) is 6.03. The first-order valence-corrected chi connectivity index (χ1v) is 8.39. The zero-order chi connectivity index (χ0) is 15.0. The number of nitrogens with one attached hydrogen (secondary N) is 1. The lowest BCUT2D eigenvalue weighted by Gasteiger charge is -2.10. The molecule has 0 spiro atoms. The van der Waals surface area contributed by atoms with E-state index in [1.165, 1.54) is 5.38 Å². The van der Waals surface area contributed by atoms with E-state index in [0.717, 1.165) is 23.0 Å². The number of para-hydroxylation sites is 1. The summed E-state index contributed by atoms with van der Waals surface area (Å²) in [5.74, 6) is -0.496. The molecule has 0 amide bonds. The maximum atomic E-state index is 12.3. The van der Waals surface area contributed by atoms with Crippen molar-refractivity contribution in [1.29, 1.82) is 0 Å². The van der Waals surface area contributed by atoms with E-state index >= 15 is 0 Å². The molecule has 2 heterocycles. The van der Waals surface area contributed by atoms with Crippen molar-refractivity contribution in [2.75, 3.05) is 6.61 Å². The number of hydrogen-bond donors (Lipinski definition) is 2. The molecule has 0 saturated carbocycles. The topological polar surface area (TPSA) is 92.7 Å². The molecule has 1 unspecified atom stereocenters. The van der Waals surface area contributed by atoms with Crippen LogP contribution in [0.1, 0.15) is 22.0 Å². The molecular weight excluding hydrogens is 314 g/mol. The van der Waals surface area contributed by atoms with E-state index < -0.39 is 22.0 Å². The lowest BCUT2D eigenvalue weighted by Crippen LogP contribution is -2.29. The minimum atomic E-state index is -3.77.